The van der Waals surface area contributed by atoms with E-state index in [1.165, 1.54) is 0 Å². The van der Waals surface area contributed by atoms with E-state index in [0.29, 0.717) is 19.7 Å². The number of anilines is 1. The molecule has 2 aliphatic heterocycles. The standard InChI is InChI=1S/C18H21N3O3S/c22-15-5-2-1-4-13(15)14-12-25-18(19-14)21-9-7-20(8-10-21)17(23)16-6-3-11-24-16/h1-2,4-5,12,16,22H,3,6-11H2/t16-/m0/s1. The van der Waals surface area contributed by atoms with Crippen LogP contribution in [0.4, 0.5) is 5.13 Å². The largest absolute Gasteiger partial charge is 0.507 e. The molecule has 0 bridgehead atoms. The van der Waals surface area contributed by atoms with Gasteiger partial charge in [0.2, 0.25) is 0 Å². The van der Waals surface area contributed by atoms with Crippen molar-refractivity contribution in [2.45, 2.75) is 18.9 Å². The zero-order valence-corrected chi connectivity index (χ0v) is 14.7. The Morgan fingerprint density at radius 2 is 2.04 bits per heavy atom. The van der Waals surface area contributed by atoms with Gasteiger partial charge in [-0.05, 0) is 25.0 Å². The molecule has 0 saturated carbocycles. The van der Waals surface area contributed by atoms with Gasteiger partial charge < -0.3 is 19.6 Å². The van der Waals surface area contributed by atoms with E-state index in [4.69, 9.17) is 4.74 Å². The molecule has 6 nitrogen and oxygen atoms in total. The summed E-state index contributed by atoms with van der Waals surface area (Å²) in [5, 5.41) is 12.9. The van der Waals surface area contributed by atoms with Gasteiger partial charge >= 0.3 is 0 Å². The normalized spacial score (nSPS) is 20.9. The number of phenols is 1. The van der Waals surface area contributed by atoms with Gasteiger partial charge in [-0.2, -0.15) is 0 Å². The molecular weight excluding hydrogens is 338 g/mol. The van der Waals surface area contributed by atoms with E-state index in [0.717, 1.165) is 42.3 Å². The van der Waals surface area contributed by atoms with Crippen LogP contribution in [0.1, 0.15) is 12.8 Å². The summed E-state index contributed by atoms with van der Waals surface area (Å²) in [7, 11) is 0. The van der Waals surface area contributed by atoms with Gasteiger partial charge in [0, 0.05) is 43.7 Å². The lowest BCUT2D eigenvalue weighted by atomic mass is 10.1. The number of hydrogen-bond donors (Lipinski definition) is 1. The van der Waals surface area contributed by atoms with Crippen LogP contribution in [-0.2, 0) is 9.53 Å². The van der Waals surface area contributed by atoms with E-state index in [2.05, 4.69) is 9.88 Å². The van der Waals surface area contributed by atoms with Crippen LogP contribution in [0.3, 0.4) is 0 Å². The third-order valence-corrected chi connectivity index (χ3v) is 5.64. The molecule has 0 spiro atoms. The number of hydrogen-bond acceptors (Lipinski definition) is 6. The van der Waals surface area contributed by atoms with Crippen LogP contribution in [0.25, 0.3) is 11.3 Å². The highest BCUT2D eigenvalue weighted by Crippen LogP contribution is 2.32. The highest BCUT2D eigenvalue weighted by molar-refractivity contribution is 7.14. The summed E-state index contributed by atoms with van der Waals surface area (Å²) >= 11 is 1.57. The van der Waals surface area contributed by atoms with Gasteiger partial charge in [-0.1, -0.05) is 12.1 Å². The third kappa shape index (κ3) is 3.34. The smallest absolute Gasteiger partial charge is 0.251 e. The topological polar surface area (TPSA) is 65.9 Å². The average molecular weight is 359 g/mol. The molecular formula is C18H21N3O3S. The molecule has 1 aromatic carbocycles. The van der Waals surface area contributed by atoms with Crippen LogP contribution in [0.5, 0.6) is 5.75 Å². The molecule has 2 saturated heterocycles. The summed E-state index contributed by atoms with van der Waals surface area (Å²) in [6.45, 7) is 3.64. The molecule has 1 N–H and O–H groups in total. The zero-order chi connectivity index (χ0) is 17.2. The van der Waals surface area contributed by atoms with E-state index >= 15 is 0 Å². The minimum atomic E-state index is -0.237. The lowest BCUT2D eigenvalue weighted by molar-refractivity contribution is -0.141. The van der Waals surface area contributed by atoms with Crippen LogP contribution in [0.2, 0.25) is 0 Å². The molecule has 1 amide bonds. The first-order valence-corrected chi connectivity index (χ1v) is 9.49. The summed E-state index contributed by atoms with van der Waals surface area (Å²) in [6, 6.07) is 7.23. The number of benzene rings is 1. The minimum absolute atomic E-state index is 0.131. The number of aromatic hydroxyl groups is 1. The number of rotatable bonds is 3. The van der Waals surface area contributed by atoms with E-state index in [1.807, 2.05) is 22.4 Å². The molecule has 1 aromatic heterocycles. The van der Waals surface area contributed by atoms with Gasteiger partial charge in [0.15, 0.2) is 5.13 Å². The van der Waals surface area contributed by atoms with Gasteiger partial charge in [-0.25, -0.2) is 4.98 Å². The Hall–Kier alpha value is -2.12. The number of carbonyl (C=O) groups is 1. The van der Waals surface area contributed by atoms with Gasteiger partial charge in [0.05, 0.1) is 5.69 Å². The van der Waals surface area contributed by atoms with Gasteiger partial charge in [-0.15, -0.1) is 11.3 Å². The summed E-state index contributed by atoms with van der Waals surface area (Å²) in [5.41, 5.74) is 1.54. The van der Waals surface area contributed by atoms with E-state index < -0.39 is 0 Å². The third-order valence-electron chi connectivity index (χ3n) is 4.74. The molecule has 3 heterocycles. The monoisotopic (exact) mass is 359 g/mol. The van der Waals surface area contributed by atoms with Crippen molar-refractivity contribution in [3.05, 3.63) is 29.6 Å². The zero-order valence-electron chi connectivity index (χ0n) is 13.9. The van der Waals surface area contributed by atoms with Crippen LogP contribution in [0.15, 0.2) is 29.6 Å². The maximum absolute atomic E-state index is 12.4. The first-order chi connectivity index (χ1) is 12.2. The Labute approximate surface area is 150 Å². The number of phenolic OH excluding ortho intramolecular Hbond substituents is 1. The lowest BCUT2D eigenvalue weighted by Gasteiger charge is -2.35. The van der Waals surface area contributed by atoms with Crippen molar-refractivity contribution >= 4 is 22.4 Å². The number of para-hydroxylation sites is 1. The van der Waals surface area contributed by atoms with Crippen molar-refractivity contribution in [2.75, 3.05) is 37.7 Å². The molecule has 2 aromatic rings. The number of carbonyl (C=O) groups excluding carboxylic acids is 1. The molecule has 25 heavy (non-hydrogen) atoms. The van der Waals surface area contributed by atoms with Crippen LogP contribution in [0, 0.1) is 0 Å². The van der Waals surface area contributed by atoms with Gasteiger partial charge in [0.1, 0.15) is 11.9 Å². The molecule has 132 valence electrons. The van der Waals surface area contributed by atoms with Crippen molar-refractivity contribution in [3.8, 4) is 17.0 Å². The average Bonchev–Trinajstić information content (AvgIpc) is 3.34. The van der Waals surface area contributed by atoms with Gasteiger partial charge in [-0.3, -0.25) is 4.79 Å². The fraction of sp³-hybridized carbons (Fsp3) is 0.444. The number of piperazine rings is 1. The SMILES string of the molecule is O=C([C@@H]1CCCO1)N1CCN(c2nc(-c3ccccc3O)cs2)CC1. The Bertz CT molecular complexity index is 750. The lowest BCUT2D eigenvalue weighted by Crippen LogP contribution is -2.51. The first kappa shape index (κ1) is 16.4. The maximum atomic E-state index is 12.4. The fourth-order valence-electron chi connectivity index (χ4n) is 3.32. The molecule has 2 fully saturated rings. The molecule has 0 aliphatic carbocycles. The predicted octanol–water partition coefficient (Wildman–Crippen LogP) is 2.34. The second-order valence-corrected chi connectivity index (χ2v) is 7.18. The van der Waals surface area contributed by atoms with E-state index in [9.17, 15) is 9.90 Å². The van der Waals surface area contributed by atoms with Crippen molar-refractivity contribution in [1.82, 2.24) is 9.88 Å². The summed E-state index contributed by atoms with van der Waals surface area (Å²) < 4.78 is 5.50. The van der Waals surface area contributed by atoms with Crippen molar-refractivity contribution < 1.29 is 14.6 Å². The molecule has 7 heteroatoms. The molecule has 4 rings (SSSR count). The van der Waals surface area contributed by atoms with Crippen LogP contribution >= 0.6 is 11.3 Å². The first-order valence-electron chi connectivity index (χ1n) is 8.61. The highest BCUT2D eigenvalue weighted by atomic mass is 32.1. The summed E-state index contributed by atoms with van der Waals surface area (Å²) in [5.74, 6) is 0.373. The predicted molar refractivity (Wildman–Crippen MR) is 97.0 cm³/mol. The Kier molecular flexibility index (Phi) is 4.59. The quantitative estimate of drug-likeness (QED) is 0.911. The van der Waals surface area contributed by atoms with Crippen LogP contribution < -0.4 is 4.90 Å². The van der Waals surface area contributed by atoms with Crippen LogP contribution in [-0.4, -0.2) is 59.8 Å². The van der Waals surface area contributed by atoms with Gasteiger partial charge in [0.25, 0.3) is 5.91 Å². The molecule has 1 atom stereocenters. The van der Waals surface area contributed by atoms with Crippen molar-refractivity contribution in [1.29, 1.82) is 0 Å². The number of ether oxygens (including phenoxy) is 1. The van der Waals surface area contributed by atoms with E-state index in [-0.39, 0.29) is 17.8 Å². The highest BCUT2D eigenvalue weighted by Gasteiger charge is 2.30. The number of nitrogens with zero attached hydrogens (tertiary/aromatic N) is 3. The fourth-order valence-corrected chi connectivity index (χ4v) is 4.20. The second kappa shape index (κ2) is 7.01. The number of aromatic nitrogens is 1. The molecule has 0 radical (unpaired) electrons. The second-order valence-electron chi connectivity index (χ2n) is 6.35. The molecule has 2 aliphatic rings. The van der Waals surface area contributed by atoms with E-state index in [1.54, 1.807) is 23.5 Å². The minimum Gasteiger partial charge on any atom is -0.507 e. The Balaban J connectivity index is 1.40. The van der Waals surface area contributed by atoms with Crippen molar-refractivity contribution in [3.63, 3.8) is 0 Å². The Morgan fingerprint density at radius 1 is 1.24 bits per heavy atom. The van der Waals surface area contributed by atoms with Crippen molar-refractivity contribution in [2.24, 2.45) is 0 Å². The molecule has 0 unspecified atom stereocenters. The Morgan fingerprint density at radius 3 is 2.76 bits per heavy atom. The maximum Gasteiger partial charge on any atom is 0.251 e. The number of thiazole rings is 1. The number of amides is 1. The summed E-state index contributed by atoms with van der Waals surface area (Å²) in [4.78, 5) is 21.2. The summed E-state index contributed by atoms with van der Waals surface area (Å²) in [6.07, 6.45) is 1.58.